The van der Waals surface area contributed by atoms with Crippen LogP contribution in [-0.2, 0) is 11.8 Å². The zero-order valence-electron chi connectivity index (χ0n) is 27.2. The molecule has 0 atom stereocenters. The SMILES string of the molecule is CC1(C)c2ccccc2-c2ccc(-c3c4ccccc4c(-c4ccc5oc6c(c5c4)CCC=C6)c4ccc(-c5ccccc5)cc34)cc21. The third-order valence-electron chi connectivity index (χ3n) is 10.9. The van der Waals surface area contributed by atoms with Gasteiger partial charge in [-0.1, -0.05) is 129 Å². The van der Waals surface area contributed by atoms with E-state index in [4.69, 9.17) is 4.42 Å². The molecule has 1 nitrogen and oxygen atoms in total. The fraction of sp³-hybridized carbons (Fsp3) is 0.106. The topological polar surface area (TPSA) is 13.1 Å². The fourth-order valence-corrected chi connectivity index (χ4v) is 8.60. The van der Waals surface area contributed by atoms with E-state index < -0.39 is 0 Å². The first-order valence-electron chi connectivity index (χ1n) is 17.1. The van der Waals surface area contributed by atoms with Gasteiger partial charge >= 0.3 is 0 Å². The van der Waals surface area contributed by atoms with Crippen molar-refractivity contribution in [2.75, 3.05) is 0 Å². The van der Waals surface area contributed by atoms with Gasteiger partial charge in [0.2, 0.25) is 0 Å². The highest BCUT2D eigenvalue weighted by Crippen LogP contribution is 2.51. The van der Waals surface area contributed by atoms with Crippen LogP contribution in [0.3, 0.4) is 0 Å². The molecule has 1 heterocycles. The summed E-state index contributed by atoms with van der Waals surface area (Å²) in [5, 5.41) is 6.32. The minimum Gasteiger partial charge on any atom is -0.456 e. The van der Waals surface area contributed by atoms with E-state index in [0.29, 0.717) is 0 Å². The number of hydrogen-bond donors (Lipinski definition) is 0. The first-order chi connectivity index (χ1) is 23.6. The van der Waals surface area contributed by atoms with Crippen LogP contribution >= 0.6 is 0 Å². The molecule has 2 aliphatic rings. The molecule has 7 aromatic carbocycles. The molecule has 0 N–H and O–H groups in total. The summed E-state index contributed by atoms with van der Waals surface area (Å²) >= 11 is 0. The van der Waals surface area contributed by atoms with Gasteiger partial charge in [-0.15, -0.1) is 0 Å². The van der Waals surface area contributed by atoms with Crippen LogP contribution in [0, 0.1) is 0 Å². The minimum atomic E-state index is -0.0724. The monoisotopic (exact) mass is 614 g/mol. The zero-order valence-corrected chi connectivity index (χ0v) is 27.2. The van der Waals surface area contributed by atoms with E-state index in [1.165, 1.54) is 88.1 Å². The highest BCUT2D eigenvalue weighted by molar-refractivity contribution is 6.22. The van der Waals surface area contributed by atoms with Crippen molar-refractivity contribution in [3.05, 3.63) is 162 Å². The molecule has 10 rings (SSSR count). The summed E-state index contributed by atoms with van der Waals surface area (Å²) in [6, 6.07) is 49.7. The van der Waals surface area contributed by atoms with Crippen LogP contribution in [0.1, 0.15) is 42.7 Å². The highest BCUT2D eigenvalue weighted by Gasteiger charge is 2.35. The van der Waals surface area contributed by atoms with E-state index in [-0.39, 0.29) is 5.41 Å². The molecule has 48 heavy (non-hydrogen) atoms. The molecule has 228 valence electrons. The van der Waals surface area contributed by atoms with Gasteiger partial charge in [0.05, 0.1) is 0 Å². The van der Waals surface area contributed by atoms with E-state index in [9.17, 15) is 0 Å². The van der Waals surface area contributed by atoms with Crippen molar-refractivity contribution in [1.29, 1.82) is 0 Å². The number of rotatable bonds is 3. The van der Waals surface area contributed by atoms with E-state index in [1.807, 2.05) is 0 Å². The summed E-state index contributed by atoms with van der Waals surface area (Å²) < 4.78 is 6.29. The molecule has 0 radical (unpaired) electrons. The second kappa shape index (κ2) is 10.2. The van der Waals surface area contributed by atoms with Crippen molar-refractivity contribution in [1.82, 2.24) is 0 Å². The average Bonchev–Trinajstić information content (AvgIpc) is 3.62. The maximum absolute atomic E-state index is 6.29. The first-order valence-corrected chi connectivity index (χ1v) is 17.1. The average molecular weight is 615 g/mol. The Balaban J connectivity index is 1.29. The van der Waals surface area contributed by atoms with Crippen LogP contribution in [0.2, 0.25) is 0 Å². The lowest BCUT2D eigenvalue weighted by atomic mass is 9.80. The molecule has 0 bridgehead atoms. The van der Waals surface area contributed by atoms with E-state index in [2.05, 4.69) is 159 Å². The summed E-state index contributed by atoms with van der Waals surface area (Å²) in [4.78, 5) is 0. The molecule has 0 spiro atoms. The Morgan fingerprint density at radius 2 is 1.15 bits per heavy atom. The van der Waals surface area contributed by atoms with Crippen molar-refractivity contribution in [2.45, 2.75) is 32.1 Å². The molecule has 0 saturated heterocycles. The van der Waals surface area contributed by atoms with Crippen molar-refractivity contribution < 1.29 is 4.42 Å². The van der Waals surface area contributed by atoms with Gasteiger partial charge in [0, 0.05) is 16.4 Å². The van der Waals surface area contributed by atoms with E-state index in [0.717, 1.165) is 24.2 Å². The Labute approximate surface area is 280 Å². The van der Waals surface area contributed by atoms with Crippen molar-refractivity contribution in [3.8, 4) is 44.5 Å². The number of benzene rings is 7. The van der Waals surface area contributed by atoms with Crippen molar-refractivity contribution in [3.63, 3.8) is 0 Å². The number of fused-ring (bicyclic) bond motifs is 8. The second-order valence-electron chi connectivity index (χ2n) is 13.9. The largest absolute Gasteiger partial charge is 0.456 e. The molecule has 0 fully saturated rings. The van der Waals surface area contributed by atoms with Gasteiger partial charge < -0.3 is 4.42 Å². The van der Waals surface area contributed by atoms with Crippen LogP contribution in [-0.4, -0.2) is 0 Å². The van der Waals surface area contributed by atoms with Crippen molar-refractivity contribution in [2.24, 2.45) is 0 Å². The molecule has 0 amide bonds. The van der Waals surface area contributed by atoms with Gasteiger partial charge in [0.15, 0.2) is 0 Å². The van der Waals surface area contributed by atoms with Gasteiger partial charge in [-0.05, 0) is 120 Å². The van der Waals surface area contributed by atoms with E-state index >= 15 is 0 Å². The van der Waals surface area contributed by atoms with Crippen molar-refractivity contribution >= 4 is 38.6 Å². The first kappa shape index (κ1) is 27.5. The Morgan fingerprint density at radius 1 is 0.500 bits per heavy atom. The summed E-state index contributed by atoms with van der Waals surface area (Å²) in [5.74, 6) is 1.01. The lowest BCUT2D eigenvalue weighted by Crippen LogP contribution is -2.14. The maximum atomic E-state index is 6.29. The second-order valence-corrected chi connectivity index (χ2v) is 13.9. The molecule has 0 unspecified atom stereocenters. The molecule has 0 saturated carbocycles. The molecule has 2 aliphatic carbocycles. The third kappa shape index (κ3) is 3.91. The molecular weight excluding hydrogens is 581 g/mol. The number of allylic oxidation sites excluding steroid dienone is 1. The smallest absolute Gasteiger partial charge is 0.135 e. The predicted octanol–water partition coefficient (Wildman–Crippen LogP) is 13.0. The standard InChI is InChI=1S/C47H34O/c1-47(2)41-18-10-8-14-33(41)34-23-21-32(28-42(34)47)46-37-17-7-6-16-36(37)45(38-24-20-30(26-40(38)46)29-12-4-3-5-13-29)31-22-25-44-39(27-31)35-15-9-11-19-43(35)48-44/h3-8,10-14,16-28H,9,15H2,1-2H3. The van der Waals surface area contributed by atoms with Gasteiger partial charge in [-0.3, -0.25) is 0 Å². The van der Waals surface area contributed by atoms with Crippen LogP contribution < -0.4 is 0 Å². The number of furan rings is 1. The lowest BCUT2D eigenvalue weighted by Gasteiger charge is -2.23. The Kier molecular flexibility index (Phi) is 5.82. The van der Waals surface area contributed by atoms with Crippen LogP contribution in [0.4, 0.5) is 0 Å². The van der Waals surface area contributed by atoms with Gasteiger partial charge in [-0.25, -0.2) is 0 Å². The molecule has 8 aromatic rings. The quantitative estimate of drug-likeness (QED) is 0.180. The fourth-order valence-electron chi connectivity index (χ4n) is 8.60. The number of aryl methyl sites for hydroxylation is 1. The summed E-state index contributed by atoms with van der Waals surface area (Å²) in [6.07, 6.45) is 6.42. The van der Waals surface area contributed by atoms with Crippen LogP contribution in [0.25, 0.3) is 83.1 Å². The Hall–Kier alpha value is -5.66. The summed E-state index contributed by atoms with van der Waals surface area (Å²) in [7, 11) is 0. The van der Waals surface area contributed by atoms with Gasteiger partial charge in [-0.2, -0.15) is 0 Å². The minimum absolute atomic E-state index is 0.0724. The zero-order chi connectivity index (χ0) is 32.0. The molecule has 1 aromatic heterocycles. The van der Waals surface area contributed by atoms with Gasteiger partial charge in [0.25, 0.3) is 0 Å². The highest BCUT2D eigenvalue weighted by atomic mass is 16.3. The normalized spacial score (nSPS) is 14.4. The Morgan fingerprint density at radius 3 is 2.00 bits per heavy atom. The Bertz CT molecular complexity index is 2630. The van der Waals surface area contributed by atoms with E-state index in [1.54, 1.807) is 0 Å². The summed E-state index contributed by atoms with van der Waals surface area (Å²) in [5.41, 5.74) is 15.2. The number of hydrogen-bond acceptors (Lipinski definition) is 1. The maximum Gasteiger partial charge on any atom is 0.135 e. The third-order valence-corrected chi connectivity index (χ3v) is 10.9. The van der Waals surface area contributed by atoms with Crippen LogP contribution in [0.15, 0.2) is 144 Å². The molecule has 1 heteroatoms. The van der Waals surface area contributed by atoms with Gasteiger partial charge in [0.1, 0.15) is 11.3 Å². The predicted molar refractivity (Wildman–Crippen MR) is 202 cm³/mol. The lowest BCUT2D eigenvalue weighted by molar-refractivity contribution is 0.595. The molecular formula is C47H34O. The molecule has 0 aliphatic heterocycles. The summed E-state index contributed by atoms with van der Waals surface area (Å²) in [6.45, 7) is 4.74. The van der Waals surface area contributed by atoms with Crippen LogP contribution in [0.5, 0.6) is 0 Å².